The summed E-state index contributed by atoms with van der Waals surface area (Å²) in [5.41, 5.74) is 4.31. The van der Waals surface area contributed by atoms with Crippen LogP contribution in [0.25, 0.3) is 11.1 Å². The zero-order valence-electron chi connectivity index (χ0n) is 19.0. The molecule has 1 atom stereocenters. The van der Waals surface area contributed by atoms with Gasteiger partial charge in [-0.2, -0.15) is 0 Å². The first-order chi connectivity index (χ1) is 15.4. The van der Waals surface area contributed by atoms with Crippen molar-refractivity contribution in [2.45, 2.75) is 50.8 Å². The van der Waals surface area contributed by atoms with E-state index in [2.05, 4.69) is 41.7 Å². The van der Waals surface area contributed by atoms with Crippen LogP contribution in [0.4, 0.5) is 0 Å². The summed E-state index contributed by atoms with van der Waals surface area (Å²) in [4.78, 5) is 13.3. The van der Waals surface area contributed by atoms with Crippen molar-refractivity contribution in [3.63, 3.8) is 0 Å². The summed E-state index contributed by atoms with van der Waals surface area (Å²) >= 11 is 0. The fourth-order valence-corrected chi connectivity index (χ4v) is 4.65. The van der Waals surface area contributed by atoms with Gasteiger partial charge in [-0.15, -0.1) is 0 Å². The van der Waals surface area contributed by atoms with Crippen LogP contribution in [0.5, 0.6) is 0 Å². The van der Waals surface area contributed by atoms with Crippen LogP contribution in [0.3, 0.4) is 0 Å². The molecular formula is C28H31NO3. The Morgan fingerprint density at radius 3 is 1.97 bits per heavy atom. The van der Waals surface area contributed by atoms with Gasteiger partial charge in [-0.25, -0.2) is 0 Å². The molecule has 166 valence electrons. The van der Waals surface area contributed by atoms with Crippen LogP contribution in [-0.2, 0) is 15.1 Å². The van der Waals surface area contributed by atoms with Crippen molar-refractivity contribution in [2.24, 2.45) is 0 Å². The number of nitrogens with one attached hydrogen (secondary N) is 1. The van der Waals surface area contributed by atoms with Crippen LogP contribution >= 0.6 is 0 Å². The van der Waals surface area contributed by atoms with Crippen molar-refractivity contribution in [1.82, 2.24) is 5.32 Å². The molecule has 4 rings (SSSR count). The number of aliphatic hydroxyl groups excluding tert-OH is 1. The summed E-state index contributed by atoms with van der Waals surface area (Å²) < 4.78 is 5.78. The molecule has 0 heterocycles. The summed E-state index contributed by atoms with van der Waals surface area (Å²) in [5, 5.41) is 13.2. The molecule has 1 aliphatic carbocycles. The lowest BCUT2D eigenvalue weighted by Crippen LogP contribution is -2.53. The van der Waals surface area contributed by atoms with Gasteiger partial charge in [-0.1, -0.05) is 78.9 Å². The molecule has 0 unspecified atom stereocenters. The number of esters is 1. The minimum absolute atomic E-state index is 0.0203. The number of fused-ring (bicyclic) bond motifs is 3. The van der Waals surface area contributed by atoms with Gasteiger partial charge in [0.1, 0.15) is 11.6 Å². The molecule has 0 amide bonds. The minimum Gasteiger partial charge on any atom is -0.459 e. The molecule has 3 aromatic carbocycles. The molecular weight excluding hydrogens is 398 g/mol. The minimum atomic E-state index is -0.703. The Bertz CT molecular complexity index is 1040. The quantitative estimate of drug-likeness (QED) is 0.517. The molecule has 32 heavy (non-hydrogen) atoms. The summed E-state index contributed by atoms with van der Waals surface area (Å²) in [5.74, 6) is -0.303. The smallest absolute Gasteiger partial charge is 0.323 e. The predicted molar refractivity (Wildman–Crippen MR) is 127 cm³/mol. The number of ether oxygens (including phenoxy) is 1. The first-order valence-corrected chi connectivity index (χ1v) is 11.2. The SMILES string of the molecule is CC(C)(C)OC(=O)[C@H](CCCO)NC1(c2ccccc2)c2ccccc2-c2ccccc21. The number of hydrogen-bond donors (Lipinski definition) is 2. The number of aliphatic hydroxyl groups is 1. The highest BCUT2D eigenvalue weighted by molar-refractivity contribution is 5.84. The molecule has 0 saturated carbocycles. The second-order valence-corrected chi connectivity index (χ2v) is 9.30. The molecule has 0 bridgehead atoms. The van der Waals surface area contributed by atoms with E-state index in [9.17, 15) is 9.90 Å². The topological polar surface area (TPSA) is 58.6 Å². The van der Waals surface area contributed by atoms with E-state index in [1.807, 2.05) is 63.2 Å². The van der Waals surface area contributed by atoms with E-state index in [0.717, 1.165) is 27.8 Å². The normalized spacial score (nSPS) is 15.0. The number of benzene rings is 3. The van der Waals surface area contributed by atoms with E-state index in [-0.39, 0.29) is 12.6 Å². The van der Waals surface area contributed by atoms with Crippen molar-refractivity contribution in [2.75, 3.05) is 6.61 Å². The third-order valence-electron chi connectivity index (χ3n) is 5.89. The number of rotatable bonds is 7. The fourth-order valence-electron chi connectivity index (χ4n) is 4.65. The lowest BCUT2D eigenvalue weighted by molar-refractivity contribution is -0.158. The van der Waals surface area contributed by atoms with Crippen LogP contribution in [0.15, 0.2) is 78.9 Å². The van der Waals surface area contributed by atoms with E-state index in [0.29, 0.717) is 12.8 Å². The molecule has 0 spiro atoms. The van der Waals surface area contributed by atoms with E-state index < -0.39 is 17.2 Å². The van der Waals surface area contributed by atoms with Crippen molar-refractivity contribution < 1.29 is 14.6 Å². The van der Waals surface area contributed by atoms with Gasteiger partial charge in [-0.05, 0) is 61.4 Å². The maximum absolute atomic E-state index is 13.3. The largest absolute Gasteiger partial charge is 0.459 e. The Kier molecular flexibility index (Phi) is 6.18. The third kappa shape index (κ3) is 4.08. The molecule has 2 N–H and O–H groups in total. The van der Waals surface area contributed by atoms with Crippen LogP contribution in [-0.4, -0.2) is 29.3 Å². The van der Waals surface area contributed by atoms with Crippen LogP contribution in [0, 0.1) is 0 Å². The first-order valence-electron chi connectivity index (χ1n) is 11.2. The summed E-state index contributed by atoms with van der Waals surface area (Å²) in [7, 11) is 0. The van der Waals surface area contributed by atoms with Crippen LogP contribution in [0.2, 0.25) is 0 Å². The average Bonchev–Trinajstić information content (AvgIpc) is 3.07. The van der Waals surface area contributed by atoms with E-state index >= 15 is 0 Å². The van der Waals surface area contributed by atoms with E-state index in [4.69, 9.17) is 4.74 Å². The molecule has 0 radical (unpaired) electrons. The highest BCUT2D eigenvalue weighted by Gasteiger charge is 2.46. The Balaban J connectivity index is 1.90. The maximum Gasteiger partial charge on any atom is 0.323 e. The summed E-state index contributed by atoms with van der Waals surface area (Å²) in [6.07, 6.45) is 0.982. The fraction of sp³-hybridized carbons (Fsp3) is 0.321. The van der Waals surface area contributed by atoms with Gasteiger partial charge < -0.3 is 9.84 Å². The maximum atomic E-state index is 13.3. The monoisotopic (exact) mass is 429 g/mol. The van der Waals surface area contributed by atoms with Gasteiger partial charge in [0, 0.05) is 6.61 Å². The zero-order chi connectivity index (χ0) is 22.8. The molecule has 0 fully saturated rings. The van der Waals surface area contributed by atoms with Crippen molar-refractivity contribution in [1.29, 1.82) is 0 Å². The number of carbonyl (C=O) groups is 1. The molecule has 0 aliphatic heterocycles. The van der Waals surface area contributed by atoms with Crippen LogP contribution in [0.1, 0.15) is 50.3 Å². The van der Waals surface area contributed by atoms with Gasteiger partial charge in [0.05, 0.1) is 5.54 Å². The first kappa shape index (κ1) is 22.3. The van der Waals surface area contributed by atoms with Gasteiger partial charge in [0.15, 0.2) is 0 Å². The van der Waals surface area contributed by atoms with Crippen molar-refractivity contribution in [3.8, 4) is 11.1 Å². The highest BCUT2D eigenvalue weighted by atomic mass is 16.6. The lowest BCUT2D eigenvalue weighted by Gasteiger charge is -2.38. The highest BCUT2D eigenvalue weighted by Crippen LogP contribution is 2.51. The Morgan fingerprint density at radius 1 is 0.906 bits per heavy atom. The number of hydrogen-bond acceptors (Lipinski definition) is 4. The Hall–Kier alpha value is -2.95. The Labute approximate surface area is 190 Å². The molecule has 1 aliphatic rings. The second kappa shape index (κ2) is 8.89. The van der Waals surface area contributed by atoms with Crippen LogP contribution < -0.4 is 5.32 Å². The zero-order valence-corrected chi connectivity index (χ0v) is 19.0. The summed E-state index contributed by atoms with van der Waals surface area (Å²) in [6, 6.07) is 26.4. The van der Waals surface area contributed by atoms with E-state index in [1.54, 1.807) is 0 Å². The van der Waals surface area contributed by atoms with Gasteiger partial charge in [-0.3, -0.25) is 10.1 Å². The van der Waals surface area contributed by atoms with Crippen molar-refractivity contribution in [3.05, 3.63) is 95.6 Å². The van der Waals surface area contributed by atoms with Crippen molar-refractivity contribution >= 4 is 5.97 Å². The predicted octanol–water partition coefficient (Wildman–Crippen LogP) is 5.03. The molecule has 3 aromatic rings. The van der Waals surface area contributed by atoms with Gasteiger partial charge >= 0.3 is 5.97 Å². The number of carbonyl (C=O) groups excluding carboxylic acids is 1. The van der Waals surface area contributed by atoms with E-state index in [1.165, 1.54) is 0 Å². The molecule has 0 saturated heterocycles. The average molecular weight is 430 g/mol. The lowest BCUT2D eigenvalue weighted by atomic mass is 9.79. The molecule has 0 aromatic heterocycles. The molecule has 4 nitrogen and oxygen atoms in total. The van der Waals surface area contributed by atoms with Gasteiger partial charge in [0.25, 0.3) is 0 Å². The second-order valence-electron chi connectivity index (χ2n) is 9.30. The van der Waals surface area contributed by atoms with Gasteiger partial charge in [0.2, 0.25) is 0 Å². The Morgan fingerprint density at radius 2 is 1.44 bits per heavy atom. The third-order valence-corrected chi connectivity index (χ3v) is 5.89. The molecule has 4 heteroatoms. The summed E-state index contributed by atoms with van der Waals surface area (Å²) in [6.45, 7) is 5.65. The standard InChI is InChI=1S/C28H31NO3/c1-27(2,3)32-26(31)25(18-11-19-30)29-28(20-12-5-4-6-13-20)23-16-9-7-14-21(23)22-15-8-10-17-24(22)28/h4-10,12-17,25,29-30H,11,18-19H2,1-3H3/t25-/m0/s1.